The van der Waals surface area contributed by atoms with Crippen LogP contribution in [0.5, 0.6) is 11.5 Å². The van der Waals surface area contributed by atoms with Gasteiger partial charge in [-0.3, -0.25) is 14.2 Å². The fourth-order valence-electron chi connectivity index (χ4n) is 3.42. The quantitative estimate of drug-likeness (QED) is 0.102. The topological polar surface area (TPSA) is 108 Å². The second-order valence-corrected chi connectivity index (χ2v) is 9.45. The van der Waals surface area contributed by atoms with Gasteiger partial charge in [0.2, 0.25) is 0 Å². The summed E-state index contributed by atoms with van der Waals surface area (Å²) in [5.74, 6) is 0.606. The predicted molar refractivity (Wildman–Crippen MR) is 147 cm³/mol. The van der Waals surface area contributed by atoms with Crippen molar-refractivity contribution in [2.45, 2.75) is 19.0 Å². The number of esters is 1. The van der Waals surface area contributed by atoms with Crippen molar-refractivity contribution in [3.8, 4) is 28.6 Å². The number of aryl methyl sites for hydroxylation is 1. The summed E-state index contributed by atoms with van der Waals surface area (Å²) in [5, 5.41) is 13.9. The minimum Gasteiger partial charge on any atom is -0.493 e. The maximum Gasteiger partial charge on any atom is 0.308 e. The summed E-state index contributed by atoms with van der Waals surface area (Å²) in [4.78, 5) is 23.7. The number of hydrogen-bond acceptors (Lipinski definition) is 8. The normalized spacial score (nSPS) is 10.9. The Labute approximate surface area is 228 Å². The highest BCUT2D eigenvalue weighted by molar-refractivity contribution is 7.99. The Bertz CT molecular complexity index is 1470. The van der Waals surface area contributed by atoms with Crippen LogP contribution in [0.25, 0.3) is 17.1 Å². The molecule has 1 N–H and O–H groups in total. The lowest BCUT2D eigenvalue weighted by molar-refractivity contribution is -0.132. The molecular formula is C27H24ClN5O4S. The van der Waals surface area contributed by atoms with Crippen molar-refractivity contribution in [1.29, 1.82) is 0 Å². The minimum absolute atomic E-state index is 0.0661. The molecule has 0 aliphatic rings. The number of rotatable bonds is 9. The van der Waals surface area contributed by atoms with Crippen molar-refractivity contribution in [3.63, 3.8) is 0 Å². The Morgan fingerprint density at radius 1 is 1.05 bits per heavy atom. The number of benzene rings is 3. The van der Waals surface area contributed by atoms with E-state index in [1.807, 2.05) is 47.9 Å². The maximum absolute atomic E-state index is 12.5. The SMILES string of the molecule is COc1cc(/C=N\NC(=O)CSc2nnc(-c3ccc(Cl)cc3)n2-c2ccc(C)cc2)ccc1OC(C)=O. The van der Waals surface area contributed by atoms with E-state index < -0.39 is 5.97 Å². The zero-order valence-corrected chi connectivity index (χ0v) is 22.4. The minimum atomic E-state index is -0.451. The number of halogens is 1. The van der Waals surface area contributed by atoms with E-state index in [1.165, 1.54) is 32.0 Å². The maximum atomic E-state index is 12.5. The molecule has 0 bridgehead atoms. The van der Waals surface area contributed by atoms with E-state index in [2.05, 4.69) is 20.7 Å². The van der Waals surface area contributed by atoms with Gasteiger partial charge in [-0.25, -0.2) is 5.43 Å². The summed E-state index contributed by atoms with van der Waals surface area (Å²) in [7, 11) is 1.47. The molecule has 3 aromatic carbocycles. The Balaban J connectivity index is 1.46. The summed E-state index contributed by atoms with van der Waals surface area (Å²) in [6.45, 7) is 3.32. The molecule has 4 aromatic rings. The summed E-state index contributed by atoms with van der Waals surface area (Å²) in [6, 6.07) is 20.2. The van der Waals surface area contributed by atoms with E-state index in [1.54, 1.807) is 30.3 Å². The molecule has 1 heterocycles. The number of aromatic nitrogens is 3. The first-order chi connectivity index (χ1) is 18.3. The number of thioether (sulfide) groups is 1. The second kappa shape index (κ2) is 12.4. The third kappa shape index (κ3) is 6.78. The first kappa shape index (κ1) is 26.9. The fourth-order valence-corrected chi connectivity index (χ4v) is 4.29. The molecule has 11 heteroatoms. The number of carbonyl (C=O) groups excluding carboxylic acids is 2. The summed E-state index contributed by atoms with van der Waals surface area (Å²) >= 11 is 7.30. The zero-order chi connectivity index (χ0) is 27.1. The van der Waals surface area contributed by atoms with Crippen molar-refractivity contribution in [3.05, 3.63) is 82.9 Å². The van der Waals surface area contributed by atoms with Gasteiger partial charge in [0.25, 0.3) is 5.91 Å². The Hall–Kier alpha value is -4.15. The Morgan fingerprint density at radius 3 is 2.47 bits per heavy atom. The van der Waals surface area contributed by atoms with Crippen LogP contribution in [0.15, 0.2) is 77.0 Å². The molecule has 0 spiro atoms. The van der Waals surface area contributed by atoms with Crippen LogP contribution < -0.4 is 14.9 Å². The van der Waals surface area contributed by atoms with E-state index in [4.69, 9.17) is 21.1 Å². The molecule has 0 atom stereocenters. The van der Waals surface area contributed by atoms with Crippen LogP contribution in [0.1, 0.15) is 18.1 Å². The van der Waals surface area contributed by atoms with E-state index in [0.717, 1.165) is 16.8 Å². The second-order valence-electron chi connectivity index (χ2n) is 8.07. The number of carbonyl (C=O) groups is 2. The van der Waals surface area contributed by atoms with Crippen LogP contribution in [0.4, 0.5) is 0 Å². The lowest BCUT2D eigenvalue weighted by Gasteiger charge is -2.11. The molecule has 0 aliphatic carbocycles. The van der Waals surface area contributed by atoms with Gasteiger partial charge in [0.05, 0.1) is 19.1 Å². The van der Waals surface area contributed by atoms with Gasteiger partial charge < -0.3 is 9.47 Å². The number of amides is 1. The van der Waals surface area contributed by atoms with E-state index in [0.29, 0.717) is 33.1 Å². The van der Waals surface area contributed by atoms with Crippen LogP contribution >= 0.6 is 23.4 Å². The first-order valence-corrected chi connectivity index (χ1v) is 12.8. The van der Waals surface area contributed by atoms with Crippen LogP contribution in [0, 0.1) is 6.92 Å². The molecule has 0 saturated carbocycles. The number of hydrazone groups is 1. The smallest absolute Gasteiger partial charge is 0.308 e. The lowest BCUT2D eigenvalue weighted by Crippen LogP contribution is -2.20. The Morgan fingerprint density at radius 2 is 1.79 bits per heavy atom. The van der Waals surface area contributed by atoms with Crippen LogP contribution in [0.3, 0.4) is 0 Å². The highest BCUT2D eigenvalue weighted by Crippen LogP contribution is 2.29. The molecule has 0 aliphatic heterocycles. The van der Waals surface area contributed by atoms with Crippen molar-refractivity contribution < 1.29 is 19.1 Å². The largest absolute Gasteiger partial charge is 0.493 e. The van der Waals surface area contributed by atoms with Crippen molar-refractivity contribution in [1.82, 2.24) is 20.2 Å². The molecule has 4 rings (SSSR count). The fraction of sp³-hybridized carbons (Fsp3) is 0.148. The van der Waals surface area contributed by atoms with Gasteiger partial charge in [-0.2, -0.15) is 5.10 Å². The summed E-state index contributed by atoms with van der Waals surface area (Å²) < 4.78 is 12.2. The average molecular weight is 550 g/mol. The van der Waals surface area contributed by atoms with Crippen LogP contribution in [-0.4, -0.2) is 45.7 Å². The highest BCUT2D eigenvalue weighted by Gasteiger charge is 2.17. The molecule has 0 unspecified atom stereocenters. The molecule has 0 saturated heterocycles. The number of methoxy groups -OCH3 is 1. The third-order valence-electron chi connectivity index (χ3n) is 5.20. The molecule has 9 nitrogen and oxygen atoms in total. The number of nitrogens with one attached hydrogen (secondary N) is 1. The van der Waals surface area contributed by atoms with E-state index in [-0.39, 0.29) is 11.7 Å². The molecule has 0 radical (unpaired) electrons. The number of hydrogen-bond donors (Lipinski definition) is 1. The van der Waals surface area contributed by atoms with Gasteiger partial charge >= 0.3 is 5.97 Å². The van der Waals surface area contributed by atoms with E-state index in [9.17, 15) is 9.59 Å². The monoisotopic (exact) mass is 549 g/mol. The van der Waals surface area contributed by atoms with Gasteiger partial charge in [-0.05, 0) is 67.1 Å². The Kier molecular flexibility index (Phi) is 8.77. The molecule has 38 heavy (non-hydrogen) atoms. The molecule has 1 amide bonds. The molecule has 1 aromatic heterocycles. The van der Waals surface area contributed by atoms with Crippen LogP contribution in [0.2, 0.25) is 5.02 Å². The van der Waals surface area contributed by atoms with Gasteiger partial charge in [-0.1, -0.05) is 41.1 Å². The number of nitrogens with zero attached hydrogens (tertiary/aromatic N) is 4. The third-order valence-corrected chi connectivity index (χ3v) is 6.39. The molecule has 0 fully saturated rings. The first-order valence-electron chi connectivity index (χ1n) is 11.4. The van der Waals surface area contributed by atoms with Gasteiger partial charge in [-0.15, -0.1) is 10.2 Å². The van der Waals surface area contributed by atoms with Gasteiger partial charge in [0.15, 0.2) is 22.5 Å². The summed E-state index contributed by atoms with van der Waals surface area (Å²) in [6.07, 6.45) is 1.47. The predicted octanol–water partition coefficient (Wildman–Crippen LogP) is 5.07. The average Bonchev–Trinajstić information content (AvgIpc) is 3.32. The molecule has 194 valence electrons. The lowest BCUT2D eigenvalue weighted by atomic mass is 10.2. The zero-order valence-electron chi connectivity index (χ0n) is 20.8. The summed E-state index contributed by atoms with van der Waals surface area (Å²) in [5.41, 5.74) is 6.00. The van der Waals surface area contributed by atoms with Crippen molar-refractivity contribution in [2.24, 2.45) is 5.10 Å². The van der Waals surface area contributed by atoms with E-state index >= 15 is 0 Å². The van der Waals surface area contributed by atoms with Crippen molar-refractivity contribution >= 4 is 41.5 Å². The van der Waals surface area contributed by atoms with Gasteiger partial charge in [0.1, 0.15) is 0 Å². The van der Waals surface area contributed by atoms with Crippen molar-refractivity contribution in [2.75, 3.05) is 12.9 Å². The number of ether oxygens (including phenoxy) is 2. The highest BCUT2D eigenvalue weighted by atomic mass is 35.5. The standard InChI is InChI=1S/C27H24ClN5O4S/c1-17-4-11-22(12-5-17)33-26(20-7-9-21(28)10-8-20)31-32-27(33)38-16-25(35)30-29-15-19-6-13-23(37-18(2)34)24(14-19)36-3/h4-15H,16H2,1-3H3,(H,30,35)/b29-15-. The van der Waals surface area contributed by atoms with Crippen LogP contribution in [-0.2, 0) is 9.59 Å². The van der Waals surface area contributed by atoms with Gasteiger partial charge in [0, 0.05) is 23.2 Å². The molecular weight excluding hydrogens is 526 g/mol.